The van der Waals surface area contributed by atoms with Gasteiger partial charge in [-0.2, -0.15) is 0 Å². The second-order valence-electron chi connectivity index (χ2n) is 6.64. The Morgan fingerprint density at radius 1 is 0.885 bits per heavy atom. The molecule has 0 aliphatic carbocycles. The van der Waals surface area contributed by atoms with E-state index in [4.69, 9.17) is 4.74 Å². The van der Waals surface area contributed by atoms with Crippen molar-refractivity contribution in [2.24, 2.45) is 0 Å². The molecular weight excluding hydrogens is 359 g/mol. The van der Waals surface area contributed by atoms with Crippen molar-refractivity contribution in [2.45, 2.75) is 78.1 Å². The molecule has 0 aliphatic heterocycles. The first-order chi connectivity index (χ1) is 12.0. The van der Waals surface area contributed by atoms with Gasteiger partial charge >= 0.3 is 29.6 Å². The van der Waals surface area contributed by atoms with Crippen LogP contribution in [0.2, 0.25) is 0 Å². The smallest absolute Gasteiger partial charge is 0.748 e. The van der Waals surface area contributed by atoms with E-state index in [1.54, 1.807) is 0 Å². The molecule has 0 heterocycles. The maximum absolute atomic E-state index is 10.7. The van der Waals surface area contributed by atoms with E-state index in [-0.39, 0.29) is 35.3 Å². The van der Waals surface area contributed by atoms with Crippen LogP contribution in [0.15, 0.2) is 18.2 Å². The topological polar surface area (TPSA) is 66.4 Å². The van der Waals surface area contributed by atoms with Gasteiger partial charge in [-0.25, -0.2) is 8.42 Å². The third-order valence-corrected chi connectivity index (χ3v) is 5.10. The van der Waals surface area contributed by atoms with Gasteiger partial charge in [0.25, 0.3) is 0 Å². The Morgan fingerprint density at radius 3 is 1.88 bits per heavy atom. The molecule has 0 aromatic heterocycles. The van der Waals surface area contributed by atoms with E-state index in [9.17, 15) is 13.0 Å². The molecule has 0 unspecified atom stereocenters. The van der Waals surface area contributed by atoms with Gasteiger partial charge in [-0.05, 0) is 49.7 Å². The van der Waals surface area contributed by atoms with Crippen LogP contribution < -0.4 is 34.3 Å². The zero-order chi connectivity index (χ0) is 18.5. The predicted octanol–water partition coefficient (Wildman–Crippen LogP) is 1.86. The van der Waals surface area contributed by atoms with Gasteiger partial charge < -0.3 is 9.29 Å². The summed E-state index contributed by atoms with van der Waals surface area (Å²) in [4.78, 5) is 0. The van der Waals surface area contributed by atoms with Gasteiger partial charge in [-0.3, -0.25) is 0 Å². The van der Waals surface area contributed by atoms with Crippen LogP contribution in [0, 0.1) is 0 Å². The largest absolute Gasteiger partial charge is 1.00 e. The van der Waals surface area contributed by atoms with Crippen molar-refractivity contribution >= 4 is 10.1 Å². The molecule has 0 amide bonds. The maximum atomic E-state index is 10.7. The molecule has 6 heteroatoms. The van der Waals surface area contributed by atoms with Crippen LogP contribution >= 0.6 is 0 Å². The van der Waals surface area contributed by atoms with Crippen LogP contribution in [-0.4, -0.2) is 25.3 Å². The molecule has 144 valence electrons. The van der Waals surface area contributed by atoms with Crippen molar-refractivity contribution in [2.75, 3.05) is 12.4 Å². The van der Waals surface area contributed by atoms with E-state index in [0.29, 0.717) is 19.4 Å². The standard InChI is InChI=1S/C20H34O4S.Na/c1-3-5-7-12-18-14-11-15-19(13-8-6-4-2)20(18)24-16-9-10-17-25(21,22)23;/h11,14-15H,3-10,12-13,16-17H2,1-2H3,(H,21,22,23);/q;+1/p-1. The average molecular weight is 393 g/mol. The molecule has 0 spiro atoms. The second-order valence-corrected chi connectivity index (χ2v) is 8.16. The molecule has 0 N–H and O–H groups in total. The Bertz CT molecular complexity index is 559. The van der Waals surface area contributed by atoms with Crippen molar-refractivity contribution in [1.82, 2.24) is 0 Å². The van der Waals surface area contributed by atoms with E-state index in [1.807, 2.05) is 0 Å². The van der Waals surface area contributed by atoms with Crippen LogP contribution in [0.4, 0.5) is 0 Å². The first-order valence-corrected chi connectivity index (χ1v) is 11.2. The zero-order valence-corrected chi connectivity index (χ0v) is 19.6. The Hall–Kier alpha value is -0.0700. The van der Waals surface area contributed by atoms with Crippen LogP contribution in [-0.2, 0) is 23.0 Å². The third-order valence-electron chi connectivity index (χ3n) is 4.31. The summed E-state index contributed by atoms with van der Waals surface area (Å²) in [6.07, 6.45) is 10.1. The summed E-state index contributed by atoms with van der Waals surface area (Å²) in [6.45, 7) is 4.85. The van der Waals surface area contributed by atoms with Gasteiger partial charge in [0.1, 0.15) is 5.75 Å². The van der Waals surface area contributed by atoms with Crippen molar-refractivity contribution in [3.63, 3.8) is 0 Å². The van der Waals surface area contributed by atoms with Crippen molar-refractivity contribution in [1.29, 1.82) is 0 Å². The van der Waals surface area contributed by atoms with Gasteiger partial charge in [0.05, 0.1) is 16.7 Å². The van der Waals surface area contributed by atoms with Crippen LogP contribution in [0.1, 0.15) is 76.3 Å². The Balaban J connectivity index is 0.00000625. The fourth-order valence-corrected chi connectivity index (χ4v) is 3.46. The third kappa shape index (κ3) is 11.6. The zero-order valence-electron chi connectivity index (χ0n) is 16.8. The number of para-hydroxylation sites is 1. The molecule has 26 heavy (non-hydrogen) atoms. The molecular formula is C20H33NaO4S. The van der Waals surface area contributed by atoms with Crippen molar-refractivity contribution < 1.29 is 47.3 Å². The van der Waals surface area contributed by atoms with E-state index in [1.165, 1.54) is 36.8 Å². The first kappa shape index (κ1) is 25.9. The number of unbranched alkanes of at least 4 members (excludes halogenated alkanes) is 5. The summed E-state index contributed by atoms with van der Waals surface area (Å²) in [7, 11) is -4.12. The van der Waals surface area contributed by atoms with Crippen LogP contribution in [0.3, 0.4) is 0 Å². The van der Waals surface area contributed by atoms with Crippen LogP contribution in [0.5, 0.6) is 5.75 Å². The van der Waals surface area contributed by atoms with Crippen molar-refractivity contribution in [3.8, 4) is 5.75 Å². The monoisotopic (exact) mass is 392 g/mol. The Morgan fingerprint density at radius 2 is 1.42 bits per heavy atom. The molecule has 1 aromatic rings. The van der Waals surface area contributed by atoms with E-state index < -0.39 is 10.1 Å². The minimum absolute atomic E-state index is 0. The number of aryl methyl sites for hydroxylation is 2. The molecule has 0 radical (unpaired) electrons. The number of ether oxygens (including phenoxy) is 1. The first-order valence-electron chi connectivity index (χ1n) is 9.65. The minimum atomic E-state index is -4.12. The molecule has 0 bridgehead atoms. The molecule has 0 aliphatic rings. The number of rotatable bonds is 14. The molecule has 1 aromatic carbocycles. The number of hydrogen-bond donors (Lipinski definition) is 0. The van der Waals surface area contributed by atoms with Gasteiger partial charge in [0.2, 0.25) is 0 Å². The van der Waals surface area contributed by atoms with Gasteiger partial charge in [-0.15, -0.1) is 0 Å². The summed E-state index contributed by atoms with van der Waals surface area (Å²) < 4.78 is 38.1. The van der Waals surface area contributed by atoms with E-state index in [2.05, 4.69) is 32.0 Å². The van der Waals surface area contributed by atoms with E-state index in [0.717, 1.165) is 31.4 Å². The fourth-order valence-electron chi connectivity index (χ4n) is 2.90. The molecule has 0 fully saturated rings. The number of benzene rings is 1. The summed E-state index contributed by atoms with van der Waals surface area (Å²) in [5.74, 6) is 0.678. The van der Waals surface area contributed by atoms with Gasteiger partial charge in [0, 0.05) is 5.75 Å². The Kier molecular flexibility index (Phi) is 14.9. The van der Waals surface area contributed by atoms with Crippen LogP contribution in [0.25, 0.3) is 0 Å². The van der Waals surface area contributed by atoms with E-state index >= 15 is 0 Å². The van der Waals surface area contributed by atoms with Gasteiger partial charge in [0.15, 0.2) is 0 Å². The summed E-state index contributed by atoms with van der Waals surface area (Å²) in [6, 6.07) is 6.38. The number of hydrogen-bond acceptors (Lipinski definition) is 4. The summed E-state index contributed by atoms with van der Waals surface area (Å²) >= 11 is 0. The van der Waals surface area contributed by atoms with Crippen molar-refractivity contribution in [3.05, 3.63) is 29.3 Å². The van der Waals surface area contributed by atoms with Gasteiger partial charge in [-0.1, -0.05) is 57.7 Å². The average Bonchev–Trinajstić information content (AvgIpc) is 2.55. The molecule has 0 atom stereocenters. The normalized spacial score (nSPS) is 11.2. The molecule has 0 saturated heterocycles. The SMILES string of the molecule is CCCCCc1cccc(CCCCC)c1OCCCCS(=O)(=O)[O-].[Na+]. The maximum Gasteiger partial charge on any atom is 1.00 e. The fraction of sp³-hybridized carbons (Fsp3) is 0.700. The predicted molar refractivity (Wildman–Crippen MR) is 102 cm³/mol. The quantitative estimate of drug-likeness (QED) is 0.275. The molecule has 4 nitrogen and oxygen atoms in total. The molecule has 0 saturated carbocycles. The molecule has 1 rings (SSSR count). The summed E-state index contributed by atoms with van der Waals surface area (Å²) in [5, 5.41) is 0. The Labute approximate surface area is 182 Å². The minimum Gasteiger partial charge on any atom is -0.748 e. The summed E-state index contributed by atoms with van der Waals surface area (Å²) in [5.41, 5.74) is 2.50. The second kappa shape index (κ2) is 14.9.